The van der Waals surface area contributed by atoms with Crippen LogP contribution in [0.15, 0.2) is 66.4 Å². The minimum atomic E-state index is -0.574. The van der Waals surface area contributed by atoms with Gasteiger partial charge in [0.15, 0.2) is 18.1 Å². The van der Waals surface area contributed by atoms with Crippen molar-refractivity contribution in [2.45, 2.75) is 6.92 Å². The van der Waals surface area contributed by atoms with Crippen molar-refractivity contribution in [1.82, 2.24) is 5.32 Å². The summed E-state index contributed by atoms with van der Waals surface area (Å²) in [6, 6.07) is 16.8. The highest BCUT2D eigenvalue weighted by atomic mass is 127. The molecule has 1 saturated heterocycles. The number of nitrogens with one attached hydrogen (secondary N) is 2. The molecule has 0 aromatic heterocycles. The van der Waals surface area contributed by atoms with E-state index in [0.29, 0.717) is 37.0 Å². The predicted molar refractivity (Wildman–Crippen MR) is 146 cm³/mol. The van der Waals surface area contributed by atoms with Crippen LogP contribution in [0, 0.1) is 10.5 Å². The number of hydrogen-bond donors (Lipinski definition) is 2. The minimum Gasteiger partial charge on any atom is -0.493 e. The van der Waals surface area contributed by atoms with Crippen molar-refractivity contribution in [1.29, 1.82) is 0 Å². The van der Waals surface area contributed by atoms with E-state index in [4.69, 9.17) is 21.1 Å². The maximum absolute atomic E-state index is 12.9. The van der Waals surface area contributed by atoms with Gasteiger partial charge in [-0.3, -0.25) is 9.59 Å². The van der Waals surface area contributed by atoms with Crippen molar-refractivity contribution >= 4 is 69.5 Å². The molecule has 1 fully saturated rings. The number of aryl methyl sites for hydroxylation is 1. The first-order valence-electron chi connectivity index (χ1n) is 10.7. The van der Waals surface area contributed by atoms with Crippen LogP contribution < -0.4 is 25.0 Å². The summed E-state index contributed by atoms with van der Waals surface area (Å²) in [6.45, 7) is 1.75. The molecule has 0 atom stereocenters. The largest absolute Gasteiger partial charge is 0.493 e. The molecule has 1 aliphatic heterocycles. The van der Waals surface area contributed by atoms with Crippen molar-refractivity contribution in [2.24, 2.45) is 0 Å². The molecule has 0 unspecified atom stereocenters. The lowest BCUT2D eigenvalue weighted by atomic mass is 10.1. The molecule has 10 heteroatoms. The third kappa shape index (κ3) is 5.80. The molecule has 0 spiro atoms. The van der Waals surface area contributed by atoms with Gasteiger partial charge in [0.25, 0.3) is 11.8 Å². The number of amides is 4. The molecule has 3 aromatic rings. The van der Waals surface area contributed by atoms with Gasteiger partial charge in [0, 0.05) is 10.7 Å². The van der Waals surface area contributed by atoms with Gasteiger partial charge in [0.2, 0.25) is 0 Å². The smallest absolute Gasteiger partial charge is 0.333 e. The van der Waals surface area contributed by atoms with Gasteiger partial charge in [0.1, 0.15) is 5.70 Å². The number of hydrogen-bond acceptors (Lipinski definition) is 5. The summed E-state index contributed by atoms with van der Waals surface area (Å²) in [5, 5.41) is 5.78. The van der Waals surface area contributed by atoms with E-state index < -0.39 is 11.9 Å². The molecular formula is C26H21ClIN3O5. The Hall–Kier alpha value is -3.57. The molecule has 0 bridgehead atoms. The lowest BCUT2D eigenvalue weighted by Crippen LogP contribution is -2.30. The SMILES string of the molecule is COc1cc(/C=C2/NC(=O)N(c3cccc(Cl)c3)C2=O)cc(I)c1OCC(=O)Nc1ccc(C)cc1. The average Bonchev–Trinajstić information content (AvgIpc) is 3.12. The highest BCUT2D eigenvalue weighted by Crippen LogP contribution is 2.35. The molecule has 1 heterocycles. The van der Waals surface area contributed by atoms with Crippen LogP contribution in [0.3, 0.4) is 0 Å². The fourth-order valence-corrected chi connectivity index (χ4v) is 4.45. The van der Waals surface area contributed by atoms with Crippen LogP contribution in [0.4, 0.5) is 16.2 Å². The number of carbonyl (C=O) groups excluding carboxylic acids is 3. The number of halogens is 2. The summed E-state index contributed by atoms with van der Waals surface area (Å²) in [4.78, 5) is 38.7. The molecule has 36 heavy (non-hydrogen) atoms. The number of carbonyl (C=O) groups is 3. The molecule has 3 aromatic carbocycles. The summed E-state index contributed by atoms with van der Waals surface area (Å²) in [7, 11) is 1.48. The zero-order chi connectivity index (χ0) is 25.8. The first kappa shape index (κ1) is 25.5. The van der Waals surface area contributed by atoms with E-state index >= 15 is 0 Å². The van der Waals surface area contributed by atoms with E-state index in [-0.39, 0.29) is 18.2 Å². The normalized spacial score (nSPS) is 14.1. The van der Waals surface area contributed by atoms with Crippen molar-refractivity contribution < 1.29 is 23.9 Å². The number of benzene rings is 3. The minimum absolute atomic E-state index is 0.101. The average molecular weight is 618 g/mol. The van der Waals surface area contributed by atoms with Crippen LogP contribution in [0.5, 0.6) is 11.5 Å². The molecule has 1 aliphatic rings. The van der Waals surface area contributed by atoms with Gasteiger partial charge in [-0.2, -0.15) is 0 Å². The number of rotatable bonds is 7. The fraction of sp³-hybridized carbons (Fsp3) is 0.115. The second kappa shape index (κ2) is 11.0. The number of anilines is 2. The predicted octanol–water partition coefficient (Wildman–Crippen LogP) is 5.38. The summed E-state index contributed by atoms with van der Waals surface area (Å²) < 4.78 is 11.9. The standard InChI is InChI=1S/C26H21ClIN3O5/c1-15-6-8-18(9-7-15)29-23(32)14-36-24-20(28)10-16(12-22(24)35-2)11-21-25(33)31(26(34)30-21)19-5-3-4-17(27)13-19/h3-13H,14H2,1-2H3,(H,29,32)(H,30,34)/b21-11+. The van der Waals surface area contributed by atoms with E-state index in [1.54, 1.807) is 36.4 Å². The van der Waals surface area contributed by atoms with Crippen LogP contribution >= 0.6 is 34.2 Å². The summed E-state index contributed by atoms with van der Waals surface area (Å²) >= 11 is 8.06. The molecule has 0 aliphatic carbocycles. The Morgan fingerprint density at radius 2 is 1.89 bits per heavy atom. The topological polar surface area (TPSA) is 97.0 Å². The van der Waals surface area contributed by atoms with Gasteiger partial charge in [-0.15, -0.1) is 0 Å². The van der Waals surface area contributed by atoms with Crippen LogP contribution in [-0.2, 0) is 9.59 Å². The molecule has 0 radical (unpaired) electrons. The summed E-state index contributed by atoms with van der Waals surface area (Å²) in [5.41, 5.74) is 2.84. The second-order valence-electron chi connectivity index (χ2n) is 7.85. The Labute approximate surface area is 226 Å². The Morgan fingerprint density at radius 3 is 2.58 bits per heavy atom. The van der Waals surface area contributed by atoms with Crippen LogP contribution in [0.2, 0.25) is 5.02 Å². The highest BCUT2D eigenvalue weighted by Gasteiger charge is 2.35. The van der Waals surface area contributed by atoms with Crippen LogP contribution in [0.25, 0.3) is 6.08 Å². The number of urea groups is 1. The molecular weight excluding hydrogens is 597 g/mol. The van der Waals surface area contributed by atoms with Crippen molar-refractivity contribution in [3.8, 4) is 11.5 Å². The van der Waals surface area contributed by atoms with E-state index in [0.717, 1.165) is 10.5 Å². The first-order valence-corrected chi connectivity index (χ1v) is 12.2. The van der Waals surface area contributed by atoms with E-state index in [9.17, 15) is 14.4 Å². The number of ether oxygens (including phenoxy) is 2. The molecule has 4 amide bonds. The van der Waals surface area contributed by atoms with Gasteiger partial charge in [0.05, 0.1) is 16.4 Å². The Morgan fingerprint density at radius 1 is 1.14 bits per heavy atom. The Kier molecular flexibility index (Phi) is 7.80. The third-order valence-corrected chi connectivity index (χ3v) is 6.23. The zero-order valence-electron chi connectivity index (χ0n) is 19.3. The van der Waals surface area contributed by atoms with Crippen molar-refractivity contribution in [3.05, 3.63) is 86.1 Å². The van der Waals surface area contributed by atoms with Gasteiger partial charge < -0.3 is 20.1 Å². The molecule has 4 rings (SSSR count). The van der Waals surface area contributed by atoms with Crippen LogP contribution in [0.1, 0.15) is 11.1 Å². The van der Waals surface area contributed by atoms with Crippen LogP contribution in [-0.4, -0.2) is 31.6 Å². The molecule has 0 saturated carbocycles. The number of nitrogens with zero attached hydrogens (tertiary/aromatic N) is 1. The Balaban J connectivity index is 1.50. The molecule has 8 nitrogen and oxygen atoms in total. The number of imide groups is 1. The highest BCUT2D eigenvalue weighted by molar-refractivity contribution is 14.1. The number of methoxy groups -OCH3 is 1. The first-order chi connectivity index (χ1) is 17.2. The third-order valence-electron chi connectivity index (χ3n) is 5.19. The molecule has 2 N–H and O–H groups in total. The molecule has 184 valence electrons. The second-order valence-corrected chi connectivity index (χ2v) is 9.44. The van der Waals surface area contributed by atoms with E-state index in [1.165, 1.54) is 13.2 Å². The maximum atomic E-state index is 12.9. The maximum Gasteiger partial charge on any atom is 0.333 e. The van der Waals surface area contributed by atoms with Gasteiger partial charge in [-0.1, -0.05) is 35.4 Å². The lowest BCUT2D eigenvalue weighted by molar-refractivity contribution is -0.118. The van der Waals surface area contributed by atoms with E-state index in [1.807, 2.05) is 31.2 Å². The quantitative estimate of drug-likeness (QED) is 0.211. The zero-order valence-corrected chi connectivity index (χ0v) is 22.2. The van der Waals surface area contributed by atoms with Gasteiger partial charge in [-0.05, 0) is 83.6 Å². The van der Waals surface area contributed by atoms with Crippen molar-refractivity contribution in [3.63, 3.8) is 0 Å². The monoisotopic (exact) mass is 617 g/mol. The van der Waals surface area contributed by atoms with Gasteiger partial charge in [-0.25, -0.2) is 9.69 Å². The van der Waals surface area contributed by atoms with Crippen molar-refractivity contribution in [2.75, 3.05) is 23.9 Å². The Bertz CT molecular complexity index is 1370. The lowest BCUT2D eigenvalue weighted by Gasteiger charge is -2.14. The summed E-state index contributed by atoms with van der Waals surface area (Å²) in [5.74, 6) is -0.0605. The summed E-state index contributed by atoms with van der Waals surface area (Å²) in [6.07, 6.45) is 1.54. The van der Waals surface area contributed by atoms with E-state index in [2.05, 4.69) is 33.2 Å². The van der Waals surface area contributed by atoms with Gasteiger partial charge >= 0.3 is 6.03 Å². The fourth-order valence-electron chi connectivity index (χ4n) is 3.49.